The number of likely N-dealkylation sites (tertiary alicyclic amines) is 1. The number of sulfonamides is 1. The van der Waals surface area contributed by atoms with Crippen molar-refractivity contribution in [3.8, 4) is 0 Å². The average molecular weight is 1090 g/mol. The number of nitrogens with two attached hydrogens (primary N) is 3. The number of carbonyl (C=O) groups excluding carboxylic acids is 1. The van der Waals surface area contributed by atoms with Crippen LogP contribution in [0.1, 0.15) is 109 Å². The van der Waals surface area contributed by atoms with Gasteiger partial charge < -0.3 is 57.5 Å². The molecule has 406 valence electrons. The summed E-state index contributed by atoms with van der Waals surface area (Å²) in [4.78, 5) is 37.0. The quantitative estimate of drug-likeness (QED) is 0.0611. The number of aromatic nitrogens is 6. The molecule has 4 saturated heterocycles. The highest BCUT2D eigenvalue weighted by Crippen LogP contribution is 2.35. The molecule has 1 amide bonds. The summed E-state index contributed by atoms with van der Waals surface area (Å²) in [5.74, 6) is -0.540. The summed E-state index contributed by atoms with van der Waals surface area (Å²) in [7, 11) is -3.58. The van der Waals surface area contributed by atoms with Crippen LogP contribution in [0.2, 0.25) is 5.15 Å². The fourth-order valence-corrected chi connectivity index (χ4v) is 8.82. The minimum atomic E-state index is -3.58. The summed E-state index contributed by atoms with van der Waals surface area (Å²) in [5, 5.41) is 42.9. The van der Waals surface area contributed by atoms with Crippen molar-refractivity contribution in [3.05, 3.63) is 99.7 Å². The first-order chi connectivity index (χ1) is 34.1. The summed E-state index contributed by atoms with van der Waals surface area (Å²) in [6, 6.07) is 12.9. The number of fused-ring (bicyclic) bond motifs is 2. The number of nitrogen functional groups attached to an aromatic ring is 3. The molecule has 10 rings (SSSR count). The smallest absolute Gasteiger partial charge is 0.337 e. The second-order valence-corrected chi connectivity index (χ2v) is 20.7. The van der Waals surface area contributed by atoms with E-state index in [4.69, 9.17) is 57.9 Å². The molecule has 26 heteroatoms. The molecule has 12 N–H and O–H groups in total. The molecule has 0 spiro atoms. The predicted molar refractivity (Wildman–Crippen MR) is 290 cm³/mol. The normalized spacial score (nSPS) is 17.8. The Morgan fingerprint density at radius 1 is 0.838 bits per heavy atom. The Balaban J connectivity index is 0.000000250. The van der Waals surface area contributed by atoms with Gasteiger partial charge in [0.25, 0.3) is 5.91 Å². The van der Waals surface area contributed by atoms with E-state index in [9.17, 15) is 23.1 Å². The van der Waals surface area contributed by atoms with E-state index in [0.717, 1.165) is 91.8 Å². The highest BCUT2D eigenvalue weighted by Gasteiger charge is 2.33. The van der Waals surface area contributed by atoms with Crippen molar-refractivity contribution in [2.24, 2.45) is 0 Å². The maximum atomic E-state index is 13.7. The maximum absolute atomic E-state index is 13.7. The van der Waals surface area contributed by atoms with Crippen LogP contribution in [0.15, 0.2) is 60.9 Å². The first-order valence-corrected chi connectivity index (χ1v) is 26.8. The Labute approximate surface area is 439 Å². The number of anilines is 5. The third-order valence-corrected chi connectivity index (χ3v) is 12.8. The van der Waals surface area contributed by atoms with Gasteiger partial charge in [-0.3, -0.25) is 13.7 Å². The monoisotopic (exact) mass is 1090 g/mol. The topological polar surface area (TPSA) is 350 Å². The van der Waals surface area contributed by atoms with Crippen molar-refractivity contribution in [1.29, 1.82) is 0 Å². The minimum Gasteiger partial charge on any atom is -0.773 e. The molecule has 8 heterocycles. The van der Waals surface area contributed by atoms with E-state index in [2.05, 4.69) is 25.4 Å². The summed E-state index contributed by atoms with van der Waals surface area (Å²) in [5.41, 5.74) is 23.3. The number of hydrogen-bond acceptors (Lipinski definition) is 18. The Bertz CT molecular complexity index is 2950. The van der Waals surface area contributed by atoms with Gasteiger partial charge in [0, 0.05) is 85.4 Å². The van der Waals surface area contributed by atoms with E-state index < -0.39 is 27.1 Å². The minimum absolute atomic E-state index is 0. The summed E-state index contributed by atoms with van der Waals surface area (Å²) < 4.78 is 47.7. The van der Waals surface area contributed by atoms with Crippen LogP contribution in [-0.4, -0.2) is 142 Å². The second kappa shape index (κ2) is 26.9. The molecule has 3 atom stereocenters. The van der Waals surface area contributed by atoms with Crippen molar-refractivity contribution in [1.82, 2.24) is 44.7 Å². The molecule has 23 nitrogen and oxygen atoms in total. The largest absolute Gasteiger partial charge is 0.773 e. The van der Waals surface area contributed by atoms with Crippen molar-refractivity contribution in [2.45, 2.75) is 91.5 Å². The van der Waals surface area contributed by atoms with Crippen LogP contribution in [0.4, 0.5) is 28.6 Å². The number of benzene rings is 2. The van der Waals surface area contributed by atoms with Crippen molar-refractivity contribution >= 4 is 84.4 Å². The first-order valence-electron chi connectivity index (χ1n) is 23.1. The average Bonchev–Trinajstić information content (AvgIpc) is 3.92. The standard InChI is InChI=1S/C23H29N7O4S.C12H15ClN4.C7H8N2O2.C3H7NO.CH4O2S.2CH4/c1-14-11-30-21(25-22(14)28-12-16(31)13-28)10-19(26-30)20-5-3-4-8-29(20)23(32)17-9-15(24)6-7-18(17)27-35(2,33)34;1-8-7-17-11(15-12(8)13)6-10(16-17)9-4-2-3-5-14-9;8-4-1-2-6(9)5(3-4)7(10)11;5-3-1-4-2-3;1-4(2)3;;/h6-7,9-11,16,20,27,31H,3-5,8,12-13,24H2,1-2H3;6-7,9,14H,2-5H2,1H3;1-3H,8-9H2,(H,10,11);3-5H,1-2H2;1H3,(H,2,3);2*1H4/p-1/t20-;9-;;;;;/m00...../s1. The number of amides is 1. The molecule has 74 heavy (non-hydrogen) atoms. The number of carbonyl (C=O) groups is 2. The molecule has 0 aliphatic carbocycles. The van der Waals surface area contributed by atoms with Crippen LogP contribution >= 0.6 is 11.6 Å². The van der Waals surface area contributed by atoms with Crippen molar-refractivity contribution in [2.75, 3.05) is 78.6 Å². The molecule has 4 aliphatic rings. The van der Waals surface area contributed by atoms with E-state index in [1.807, 2.05) is 47.8 Å². The fourth-order valence-electron chi connectivity index (χ4n) is 8.11. The van der Waals surface area contributed by atoms with Gasteiger partial charge in [0.05, 0.1) is 58.7 Å². The zero-order valence-electron chi connectivity index (χ0n) is 40.4. The van der Waals surface area contributed by atoms with Crippen LogP contribution in [0.25, 0.3) is 11.3 Å². The van der Waals surface area contributed by atoms with Gasteiger partial charge in [-0.1, -0.05) is 44.0 Å². The van der Waals surface area contributed by atoms with Gasteiger partial charge in [0.15, 0.2) is 11.3 Å². The molecule has 0 bridgehead atoms. The molecular weight excluding hydrogens is 1020 g/mol. The van der Waals surface area contributed by atoms with E-state index in [-0.39, 0.29) is 61.5 Å². The predicted octanol–water partition coefficient (Wildman–Crippen LogP) is 4.31. The van der Waals surface area contributed by atoms with Gasteiger partial charge in [-0.25, -0.2) is 32.2 Å². The van der Waals surface area contributed by atoms with Gasteiger partial charge >= 0.3 is 5.97 Å². The summed E-state index contributed by atoms with van der Waals surface area (Å²) >= 11 is 4.15. The van der Waals surface area contributed by atoms with Gasteiger partial charge in [-0.2, -0.15) is 10.2 Å². The number of carboxylic acids is 1. The van der Waals surface area contributed by atoms with E-state index in [1.54, 1.807) is 21.5 Å². The van der Waals surface area contributed by atoms with E-state index in [0.29, 0.717) is 47.9 Å². The number of halogens is 1. The number of piperidine rings is 2. The lowest BCUT2D eigenvalue weighted by Crippen LogP contribution is -2.51. The van der Waals surface area contributed by atoms with E-state index >= 15 is 0 Å². The van der Waals surface area contributed by atoms with Crippen molar-refractivity contribution in [3.63, 3.8) is 0 Å². The van der Waals surface area contributed by atoms with Crippen LogP contribution < -0.4 is 37.5 Å². The van der Waals surface area contributed by atoms with Gasteiger partial charge in [-0.05, 0) is 95.2 Å². The molecule has 4 aromatic heterocycles. The molecule has 4 fully saturated rings. The van der Waals surface area contributed by atoms with Crippen LogP contribution in [0.3, 0.4) is 0 Å². The second-order valence-electron chi connectivity index (χ2n) is 17.8. The van der Waals surface area contributed by atoms with Crippen LogP contribution in [0, 0.1) is 13.8 Å². The van der Waals surface area contributed by atoms with Gasteiger partial charge in [-0.15, -0.1) is 0 Å². The van der Waals surface area contributed by atoms with Crippen molar-refractivity contribution < 1.29 is 42.1 Å². The number of nitrogens with zero attached hydrogens (tertiary/aromatic N) is 8. The first kappa shape index (κ1) is 60.4. The molecule has 4 aliphatic heterocycles. The number of β-amino-alcohol motifs (C(OH)–C–C–N with tert-alkyl or cyclic N) is 2. The zero-order chi connectivity index (χ0) is 52.4. The number of aliphatic hydroxyl groups is 2. The Morgan fingerprint density at radius 2 is 1.41 bits per heavy atom. The Morgan fingerprint density at radius 3 is 1.96 bits per heavy atom. The number of aliphatic hydroxyl groups excluding tert-OH is 2. The zero-order valence-corrected chi connectivity index (χ0v) is 42.8. The lowest BCUT2D eigenvalue weighted by atomic mass is 9.97. The fraction of sp³-hybridized carbons (Fsp3) is 0.458. The number of aromatic carboxylic acids is 1. The number of aryl methyl sites for hydroxylation is 2. The number of nitrogens with one attached hydrogen (secondary N) is 3. The summed E-state index contributed by atoms with van der Waals surface area (Å²) in [6.07, 6.45) is 11.8. The van der Waals surface area contributed by atoms with Crippen LogP contribution in [0.5, 0.6) is 0 Å². The SMILES string of the molecule is C.C.CS(=O)[O-].Cc1cn2nc([C@@H]3CCCCN3)cc2nc1Cl.Cc1cn2nc([C@@H]3CCCCN3C(=O)c3cc(N)ccc3NS(C)(=O)=O)cc2nc1N1CC(O)C1.Nc1ccc(N)c(C(=O)O)c1.OC1CNC1. The molecule has 1 unspecified atom stereocenters. The van der Waals surface area contributed by atoms with Gasteiger partial charge in [0.1, 0.15) is 11.0 Å². The third kappa shape index (κ3) is 16.4. The number of carboxylic acid groups (broad SMARTS) is 1. The third-order valence-electron chi connectivity index (χ3n) is 11.8. The highest BCUT2D eigenvalue weighted by atomic mass is 35.5. The molecule has 0 saturated carbocycles. The number of rotatable bonds is 7. The Kier molecular flexibility index (Phi) is 21.9. The van der Waals surface area contributed by atoms with Gasteiger partial charge in [0.2, 0.25) is 10.0 Å². The number of hydrogen-bond donors (Lipinski definition) is 9. The lowest BCUT2D eigenvalue weighted by molar-refractivity contribution is 0.0606. The molecular formula is C48H70ClN14O9S2-. The summed E-state index contributed by atoms with van der Waals surface area (Å²) in [6.45, 7) is 8.19. The van der Waals surface area contributed by atoms with Crippen LogP contribution in [-0.2, 0) is 21.1 Å². The molecule has 0 radical (unpaired) electrons. The Hall–Kier alpha value is -6.19. The van der Waals surface area contributed by atoms with E-state index in [1.165, 1.54) is 37.1 Å². The maximum Gasteiger partial charge on any atom is 0.337 e. The molecule has 6 aromatic rings. The highest BCUT2D eigenvalue weighted by molar-refractivity contribution is 7.92. The molecule has 2 aromatic carbocycles. The lowest BCUT2D eigenvalue weighted by Gasteiger charge is -2.37.